The van der Waals surface area contributed by atoms with Gasteiger partial charge in [0.15, 0.2) is 0 Å². The minimum Gasteiger partial charge on any atom is -0.490 e. The predicted octanol–water partition coefficient (Wildman–Crippen LogP) is 1.15. The third kappa shape index (κ3) is 3.45. The van der Waals surface area contributed by atoms with Gasteiger partial charge in [-0.2, -0.15) is 0 Å². The van der Waals surface area contributed by atoms with Crippen molar-refractivity contribution in [2.24, 2.45) is 5.73 Å². The molecule has 3 N–H and O–H groups in total. The van der Waals surface area contributed by atoms with Crippen LogP contribution in [0.2, 0.25) is 0 Å². The third-order valence-electron chi connectivity index (χ3n) is 3.43. The van der Waals surface area contributed by atoms with Crippen molar-refractivity contribution >= 4 is 0 Å². The number of nitrogens with zero attached hydrogens (tertiary/aromatic N) is 1. The number of likely N-dealkylation sites (tertiary alicyclic amines) is 1. The summed E-state index contributed by atoms with van der Waals surface area (Å²) in [5.41, 5.74) is 6.28. The molecule has 0 radical (unpaired) electrons. The zero-order valence-electron chi connectivity index (χ0n) is 10.9. The summed E-state index contributed by atoms with van der Waals surface area (Å²) < 4.78 is 5.96. The predicted molar refractivity (Wildman–Crippen MR) is 71.6 cm³/mol. The number of ether oxygens (including phenoxy) is 1. The Morgan fingerprint density at radius 3 is 2.83 bits per heavy atom. The van der Waals surface area contributed by atoms with E-state index in [9.17, 15) is 5.11 Å². The lowest BCUT2D eigenvalue weighted by atomic mass is 10.1. The molecule has 1 saturated heterocycles. The van der Waals surface area contributed by atoms with Crippen molar-refractivity contribution in [2.45, 2.75) is 25.0 Å². The van der Waals surface area contributed by atoms with Gasteiger partial charge >= 0.3 is 0 Å². The molecule has 0 saturated carbocycles. The highest BCUT2D eigenvalue weighted by atomic mass is 16.5. The first-order valence-electron chi connectivity index (χ1n) is 6.52. The fourth-order valence-electron chi connectivity index (χ4n) is 2.23. The minimum absolute atomic E-state index is 0.234. The molecule has 1 unspecified atom stereocenters. The first-order chi connectivity index (χ1) is 8.69. The Bertz CT molecular complexity index is 376. The molecule has 18 heavy (non-hydrogen) atoms. The summed E-state index contributed by atoms with van der Waals surface area (Å²) in [5, 5.41) is 9.71. The van der Waals surface area contributed by atoms with Crippen molar-refractivity contribution in [1.29, 1.82) is 0 Å². The fraction of sp³-hybridized carbons (Fsp3) is 0.571. The van der Waals surface area contributed by atoms with Crippen LogP contribution >= 0.6 is 0 Å². The van der Waals surface area contributed by atoms with Crippen LogP contribution in [0.25, 0.3) is 0 Å². The minimum atomic E-state index is -0.606. The van der Waals surface area contributed by atoms with E-state index in [0.29, 0.717) is 0 Å². The van der Waals surface area contributed by atoms with Crippen LogP contribution in [0, 0.1) is 0 Å². The van der Waals surface area contributed by atoms with Crippen LogP contribution in [0.4, 0.5) is 0 Å². The lowest BCUT2D eigenvalue weighted by Crippen LogP contribution is -2.35. The van der Waals surface area contributed by atoms with E-state index >= 15 is 0 Å². The van der Waals surface area contributed by atoms with Gasteiger partial charge in [0.25, 0.3) is 0 Å². The molecule has 1 fully saturated rings. The first-order valence-corrected chi connectivity index (χ1v) is 6.52. The summed E-state index contributed by atoms with van der Waals surface area (Å²) in [6, 6.07) is 7.60. The zero-order valence-corrected chi connectivity index (χ0v) is 10.9. The second-order valence-corrected chi connectivity index (χ2v) is 4.94. The monoisotopic (exact) mass is 250 g/mol. The van der Waals surface area contributed by atoms with Crippen molar-refractivity contribution in [3.63, 3.8) is 0 Å². The van der Waals surface area contributed by atoms with Gasteiger partial charge in [-0.3, -0.25) is 0 Å². The molecule has 0 aliphatic carbocycles. The molecule has 1 atom stereocenters. The number of rotatable bonds is 4. The third-order valence-corrected chi connectivity index (χ3v) is 3.43. The van der Waals surface area contributed by atoms with Gasteiger partial charge in [0.05, 0.1) is 6.10 Å². The van der Waals surface area contributed by atoms with Crippen LogP contribution in [-0.2, 0) is 0 Å². The van der Waals surface area contributed by atoms with E-state index in [1.165, 1.54) is 0 Å². The van der Waals surface area contributed by atoms with Gasteiger partial charge in [-0.1, -0.05) is 12.1 Å². The Kier molecular flexibility index (Phi) is 4.58. The van der Waals surface area contributed by atoms with Crippen LogP contribution < -0.4 is 10.5 Å². The van der Waals surface area contributed by atoms with Crippen molar-refractivity contribution in [3.8, 4) is 5.75 Å². The number of aliphatic hydroxyl groups excluding tert-OH is 1. The number of nitrogens with two attached hydrogens (primary N) is 1. The van der Waals surface area contributed by atoms with E-state index in [-0.39, 0.29) is 12.6 Å². The van der Waals surface area contributed by atoms with E-state index in [1.807, 2.05) is 24.3 Å². The molecule has 100 valence electrons. The lowest BCUT2D eigenvalue weighted by molar-refractivity contribution is 0.113. The molecule has 0 spiro atoms. The van der Waals surface area contributed by atoms with Crippen LogP contribution in [0.3, 0.4) is 0 Å². The van der Waals surface area contributed by atoms with E-state index in [2.05, 4.69) is 11.9 Å². The second kappa shape index (κ2) is 6.18. The average molecular weight is 250 g/mol. The topological polar surface area (TPSA) is 58.7 Å². The van der Waals surface area contributed by atoms with E-state index in [0.717, 1.165) is 37.2 Å². The van der Waals surface area contributed by atoms with Crippen molar-refractivity contribution in [3.05, 3.63) is 29.8 Å². The Morgan fingerprint density at radius 2 is 2.17 bits per heavy atom. The quantitative estimate of drug-likeness (QED) is 0.841. The average Bonchev–Trinajstić information content (AvgIpc) is 2.41. The molecule has 0 bridgehead atoms. The largest absolute Gasteiger partial charge is 0.490 e. The van der Waals surface area contributed by atoms with Crippen LogP contribution in [0.5, 0.6) is 5.75 Å². The fourth-order valence-corrected chi connectivity index (χ4v) is 2.23. The molecule has 1 aliphatic rings. The van der Waals surface area contributed by atoms with Crippen LogP contribution in [0.15, 0.2) is 24.3 Å². The Morgan fingerprint density at radius 1 is 1.44 bits per heavy atom. The molecule has 1 aromatic carbocycles. The Labute approximate surface area is 108 Å². The molecule has 4 nitrogen and oxygen atoms in total. The molecular weight excluding hydrogens is 228 g/mol. The first kappa shape index (κ1) is 13.3. The number of hydrogen-bond donors (Lipinski definition) is 2. The molecule has 1 aromatic rings. The lowest BCUT2D eigenvalue weighted by Gasteiger charge is -2.29. The number of benzene rings is 1. The molecular formula is C14H22N2O2. The van der Waals surface area contributed by atoms with Gasteiger partial charge in [0.2, 0.25) is 0 Å². The molecule has 2 rings (SSSR count). The highest BCUT2D eigenvalue weighted by Crippen LogP contribution is 2.22. The Hall–Kier alpha value is -1.10. The summed E-state index contributed by atoms with van der Waals surface area (Å²) in [6.07, 6.45) is 1.79. The molecule has 1 heterocycles. The number of aliphatic hydroxyl groups is 1. The van der Waals surface area contributed by atoms with E-state index in [4.69, 9.17) is 10.5 Å². The molecule has 4 heteroatoms. The van der Waals surface area contributed by atoms with E-state index < -0.39 is 6.10 Å². The number of piperidine rings is 1. The van der Waals surface area contributed by atoms with Crippen LogP contribution in [-0.4, -0.2) is 42.8 Å². The smallest absolute Gasteiger partial charge is 0.120 e. The SMILES string of the molecule is CN1CCC(Oc2cccc(C(O)CN)c2)CC1. The summed E-state index contributed by atoms with van der Waals surface area (Å²) in [7, 11) is 2.13. The highest BCUT2D eigenvalue weighted by molar-refractivity contribution is 5.30. The Balaban J connectivity index is 1.96. The molecule has 1 aliphatic heterocycles. The van der Waals surface area contributed by atoms with Crippen LogP contribution in [0.1, 0.15) is 24.5 Å². The number of hydrogen-bond acceptors (Lipinski definition) is 4. The summed E-state index contributed by atoms with van der Waals surface area (Å²) >= 11 is 0. The van der Waals surface area contributed by atoms with Crippen molar-refractivity contribution in [1.82, 2.24) is 4.90 Å². The summed E-state index contributed by atoms with van der Waals surface area (Å²) in [5.74, 6) is 0.828. The van der Waals surface area contributed by atoms with Gasteiger partial charge in [0.1, 0.15) is 11.9 Å². The van der Waals surface area contributed by atoms with Crippen molar-refractivity contribution < 1.29 is 9.84 Å². The normalized spacial score (nSPS) is 19.7. The van der Waals surface area contributed by atoms with Gasteiger partial charge in [-0.05, 0) is 37.6 Å². The maximum atomic E-state index is 9.71. The zero-order chi connectivity index (χ0) is 13.0. The molecule has 0 aromatic heterocycles. The van der Waals surface area contributed by atoms with Crippen molar-refractivity contribution in [2.75, 3.05) is 26.7 Å². The maximum Gasteiger partial charge on any atom is 0.120 e. The standard InChI is InChI=1S/C14H22N2O2/c1-16-7-5-12(6-8-16)18-13-4-2-3-11(9-13)14(17)10-15/h2-4,9,12,14,17H,5-8,10,15H2,1H3. The molecule has 0 amide bonds. The maximum absolute atomic E-state index is 9.71. The highest BCUT2D eigenvalue weighted by Gasteiger charge is 2.18. The van der Waals surface area contributed by atoms with E-state index in [1.54, 1.807) is 0 Å². The second-order valence-electron chi connectivity index (χ2n) is 4.94. The summed E-state index contributed by atoms with van der Waals surface area (Å²) in [4.78, 5) is 2.31. The van der Waals surface area contributed by atoms with Gasteiger partial charge in [-0.25, -0.2) is 0 Å². The van der Waals surface area contributed by atoms with Gasteiger partial charge in [-0.15, -0.1) is 0 Å². The van der Waals surface area contributed by atoms with Gasteiger partial charge < -0.3 is 20.5 Å². The summed E-state index contributed by atoms with van der Waals surface area (Å²) in [6.45, 7) is 2.39. The van der Waals surface area contributed by atoms with Gasteiger partial charge in [0, 0.05) is 19.6 Å².